The highest BCUT2D eigenvalue weighted by molar-refractivity contribution is 5.98. The maximum absolute atomic E-state index is 14.2. The van der Waals surface area contributed by atoms with E-state index >= 15 is 0 Å². The molecule has 1 aromatic carbocycles. The van der Waals surface area contributed by atoms with Gasteiger partial charge in [-0.3, -0.25) is 14.4 Å². The number of carbonyl (C=O) groups excluding carboxylic acids is 3. The molecule has 0 radical (unpaired) electrons. The zero-order chi connectivity index (χ0) is 17.7. The zero-order valence-electron chi connectivity index (χ0n) is 13.2. The fourth-order valence-corrected chi connectivity index (χ4v) is 2.26. The number of nitrogens with one attached hydrogen (secondary N) is 2. The molecule has 130 valence electrons. The smallest absolute Gasteiger partial charge is 0.253 e. The number of hydrogen-bond acceptors (Lipinski definition) is 5. The molecule has 0 spiro atoms. The van der Waals surface area contributed by atoms with Gasteiger partial charge in [-0.15, -0.1) is 0 Å². The van der Waals surface area contributed by atoms with Crippen molar-refractivity contribution >= 4 is 29.1 Å². The summed E-state index contributed by atoms with van der Waals surface area (Å²) in [4.78, 5) is 36.2. The normalized spacial score (nSPS) is 15.8. The van der Waals surface area contributed by atoms with Crippen molar-refractivity contribution in [3.8, 4) is 0 Å². The Morgan fingerprint density at radius 3 is 2.79 bits per heavy atom. The maximum atomic E-state index is 14.2. The van der Waals surface area contributed by atoms with Crippen molar-refractivity contribution in [3.05, 3.63) is 24.0 Å². The van der Waals surface area contributed by atoms with Crippen LogP contribution >= 0.6 is 0 Å². The van der Waals surface area contributed by atoms with Crippen molar-refractivity contribution < 1.29 is 23.5 Å². The first-order valence-corrected chi connectivity index (χ1v) is 7.38. The molecule has 0 aliphatic carbocycles. The Bertz CT molecular complexity index is 652. The lowest BCUT2D eigenvalue weighted by Crippen LogP contribution is -2.47. The largest absolute Gasteiger partial charge is 0.370 e. The van der Waals surface area contributed by atoms with Crippen LogP contribution in [0.1, 0.15) is 6.92 Å². The van der Waals surface area contributed by atoms with E-state index in [1.54, 1.807) is 0 Å². The molecule has 9 heteroatoms. The molecule has 1 aliphatic rings. The van der Waals surface area contributed by atoms with Crippen molar-refractivity contribution in [1.29, 1.82) is 0 Å². The van der Waals surface area contributed by atoms with E-state index in [9.17, 15) is 18.8 Å². The second-order valence-corrected chi connectivity index (χ2v) is 5.24. The predicted octanol–water partition coefficient (Wildman–Crippen LogP) is -0.409. The minimum atomic E-state index is -0.956. The molecule has 1 fully saturated rings. The predicted molar refractivity (Wildman–Crippen MR) is 84.9 cm³/mol. The molecule has 1 saturated heterocycles. The van der Waals surface area contributed by atoms with Gasteiger partial charge >= 0.3 is 0 Å². The minimum absolute atomic E-state index is 0.0466. The van der Waals surface area contributed by atoms with Gasteiger partial charge in [-0.1, -0.05) is 0 Å². The molecule has 3 amide bonds. The molecule has 1 heterocycles. The third-order valence-electron chi connectivity index (χ3n) is 3.44. The van der Waals surface area contributed by atoms with Crippen LogP contribution in [0.4, 0.5) is 15.8 Å². The highest BCUT2D eigenvalue weighted by Gasteiger charge is 2.22. The quantitative estimate of drug-likeness (QED) is 0.675. The second kappa shape index (κ2) is 7.84. The SMILES string of the molecule is CC(=O)N[C@@H](CN)C(=O)Nc1ccc(N2CCOCC2=O)cc1F. The summed E-state index contributed by atoms with van der Waals surface area (Å²) in [6.07, 6.45) is 0. The molecular formula is C15H19FN4O4. The van der Waals surface area contributed by atoms with E-state index in [1.165, 1.54) is 24.0 Å². The first-order valence-electron chi connectivity index (χ1n) is 7.38. The lowest BCUT2D eigenvalue weighted by atomic mass is 10.2. The Balaban J connectivity index is 2.10. The summed E-state index contributed by atoms with van der Waals surface area (Å²) in [7, 11) is 0. The number of amides is 3. The number of morpholine rings is 1. The number of halogens is 1. The van der Waals surface area contributed by atoms with E-state index in [1.807, 2.05) is 0 Å². The Labute approximate surface area is 138 Å². The van der Waals surface area contributed by atoms with Crippen LogP contribution in [0, 0.1) is 5.82 Å². The lowest BCUT2D eigenvalue weighted by molar-refractivity contribution is -0.125. The number of anilines is 2. The first kappa shape index (κ1) is 17.8. The van der Waals surface area contributed by atoms with Crippen LogP contribution in [0.2, 0.25) is 0 Å². The van der Waals surface area contributed by atoms with Crippen LogP contribution in [-0.4, -0.2) is 50.1 Å². The van der Waals surface area contributed by atoms with E-state index in [4.69, 9.17) is 10.5 Å². The van der Waals surface area contributed by atoms with Gasteiger partial charge in [-0.05, 0) is 18.2 Å². The average Bonchev–Trinajstić information content (AvgIpc) is 2.54. The number of benzene rings is 1. The summed E-state index contributed by atoms with van der Waals surface area (Å²) in [5.74, 6) is -1.99. The van der Waals surface area contributed by atoms with Gasteiger partial charge in [-0.2, -0.15) is 0 Å². The van der Waals surface area contributed by atoms with Crippen LogP contribution in [0.3, 0.4) is 0 Å². The summed E-state index contributed by atoms with van der Waals surface area (Å²) >= 11 is 0. The third kappa shape index (κ3) is 4.27. The first-order chi connectivity index (χ1) is 11.4. The van der Waals surface area contributed by atoms with Gasteiger partial charge < -0.3 is 26.0 Å². The molecule has 0 bridgehead atoms. The fourth-order valence-electron chi connectivity index (χ4n) is 2.26. The van der Waals surface area contributed by atoms with Crippen molar-refractivity contribution in [2.24, 2.45) is 5.73 Å². The van der Waals surface area contributed by atoms with Crippen LogP contribution in [0.15, 0.2) is 18.2 Å². The number of nitrogens with two attached hydrogens (primary N) is 1. The minimum Gasteiger partial charge on any atom is -0.370 e. The molecule has 0 saturated carbocycles. The summed E-state index contributed by atoms with van der Waals surface area (Å²) in [6.45, 7) is 1.80. The summed E-state index contributed by atoms with van der Waals surface area (Å²) in [5, 5.41) is 4.74. The molecule has 0 unspecified atom stereocenters. The van der Waals surface area contributed by atoms with Gasteiger partial charge in [0.2, 0.25) is 11.8 Å². The van der Waals surface area contributed by atoms with Crippen LogP contribution < -0.4 is 21.3 Å². The number of carbonyl (C=O) groups is 3. The highest BCUT2D eigenvalue weighted by Crippen LogP contribution is 2.23. The number of ether oxygens (including phenoxy) is 1. The Morgan fingerprint density at radius 2 is 2.21 bits per heavy atom. The summed E-state index contributed by atoms with van der Waals surface area (Å²) < 4.78 is 19.2. The molecule has 24 heavy (non-hydrogen) atoms. The molecule has 4 N–H and O–H groups in total. The molecule has 2 rings (SSSR count). The number of hydrogen-bond donors (Lipinski definition) is 3. The summed E-state index contributed by atoms with van der Waals surface area (Å²) in [5.41, 5.74) is 5.75. The monoisotopic (exact) mass is 338 g/mol. The molecule has 1 aliphatic heterocycles. The number of nitrogens with zero attached hydrogens (tertiary/aromatic N) is 1. The molecule has 1 aromatic rings. The van der Waals surface area contributed by atoms with Crippen LogP contribution in [0.5, 0.6) is 0 Å². The average molecular weight is 338 g/mol. The molecule has 8 nitrogen and oxygen atoms in total. The zero-order valence-corrected chi connectivity index (χ0v) is 13.2. The molecular weight excluding hydrogens is 319 g/mol. The summed E-state index contributed by atoms with van der Waals surface area (Å²) in [6, 6.07) is 3.08. The third-order valence-corrected chi connectivity index (χ3v) is 3.44. The van der Waals surface area contributed by atoms with E-state index in [0.29, 0.717) is 18.8 Å². The Hall–Kier alpha value is -2.52. The van der Waals surface area contributed by atoms with Crippen molar-refractivity contribution in [3.63, 3.8) is 0 Å². The van der Waals surface area contributed by atoms with Gasteiger partial charge in [0.15, 0.2) is 0 Å². The maximum Gasteiger partial charge on any atom is 0.253 e. The highest BCUT2D eigenvalue weighted by atomic mass is 19.1. The Morgan fingerprint density at radius 1 is 1.46 bits per heavy atom. The van der Waals surface area contributed by atoms with Gasteiger partial charge in [0.25, 0.3) is 5.91 Å². The second-order valence-electron chi connectivity index (χ2n) is 5.24. The topological polar surface area (TPSA) is 114 Å². The van der Waals surface area contributed by atoms with E-state index in [2.05, 4.69) is 10.6 Å². The van der Waals surface area contributed by atoms with Gasteiger partial charge in [0.05, 0.1) is 12.3 Å². The lowest BCUT2D eigenvalue weighted by Gasteiger charge is -2.27. The standard InChI is InChI=1S/C15H19FN4O4/c1-9(21)18-13(7-17)15(23)19-12-3-2-10(6-11(12)16)20-4-5-24-8-14(20)22/h2-3,6,13H,4-5,7-8,17H2,1H3,(H,18,21)(H,19,23)/t13-/m0/s1. The van der Waals surface area contributed by atoms with Crippen molar-refractivity contribution in [2.75, 3.05) is 36.5 Å². The fraction of sp³-hybridized carbons (Fsp3) is 0.400. The van der Waals surface area contributed by atoms with E-state index < -0.39 is 23.7 Å². The van der Waals surface area contributed by atoms with Crippen molar-refractivity contribution in [2.45, 2.75) is 13.0 Å². The number of rotatable bonds is 5. The van der Waals surface area contributed by atoms with Gasteiger partial charge in [-0.25, -0.2) is 4.39 Å². The van der Waals surface area contributed by atoms with E-state index in [-0.39, 0.29) is 24.7 Å². The molecule has 0 aromatic heterocycles. The Kier molecular flexibility index (Phi) is 5.83. The van der Waals surface area contributed by atoms with Crippen LogP contribution in [0.25, 0.3) is 0 Å². The molecule has 1 atom stereocenters. The van der Waals surface area contributed by atoms with Gasteiger partial charge in [0.1, 0.15) is 18.5 Å². The van der Waals surface area contributed by atoms with E-state index in [0.717, 1.165) is 6.07 Å². The van der Waals surface area contributed by atoms with Crippen LogP contribution in [-0.2, 0) is 19.1 Å². The van der Waals surface area contributed by atoms with Crippen molar-refractivity contribution in [1.82, 2.24) is 5.32 Å². The van der Waals surface area contributed by atoms with Gasteiger partial charge in [0, 0.05) is 25.7 Å².